The van der Waals surface area contributed by atoms with Crippen LogP contribution in [0.5, 0.6) is 0 Å². The van der Waals surface area contributed by atoms with Gasteiger partial charge in [0.25, 0.3) is 0 Å². The van der Waals surface area contributed by atoms with Crippen LogP contribution >= 0.6 is 11.6 Å². The highest BCUT2D eigenvalue weighted by molar-refractivity contribution is 6.30. The van der Waals surface area contributed by atoms with Gasteiger partial charge in [-0.05, 0) is 24.6 Å². The summed E-state index contributed by atoms with van der Waals surface area (Å²) in [4.78, 5) is 33.8. The predicted octanol–water partition coefficient (Wildman–Crippen LogP) is 1.50. The molecule has 0 aliphatic rings. The number of carboxylic acid groups (broad SMARTS) is 1. The van der Waals surface area contributed by atoms with Gasteiger partial charge in [-0.3, -0.25) is 14.4 Å². The van der Waals surface area contributed by atoms with Crippen LogP contribution in [-0.4, -0.2) is 28.9 Å². The molecular weight excluding hydrogens is 296 g/mol. The van der Waals surface area contributed by atoms with E-state index in [9.17, 15) is 14.4 Å². The lowest BCUT2D eigenvalue weighted by atomic mass is 10.0. The number of halogens is 1. The highest BCUT2D eigenvalue weighted by Gasteiger charge is 2.21. The molecular formula is C14H17ClN2O4. The summed E-state index contributed by atoms with van der Waals surface area (Å²) >= 11 is 5.78. The Balaban J connectivity index is 2.83. The van der Waals surface area contributed by atoms with E-state index >= 15 is 0 Å². The summed E-state index contributed by atoms with van der Waals surface area (Å²) in [7, 11) is 0. The second-order valence-corrected chi connectivity index (χ2v) is 5.07. The zero-order chi connectivity index (χ0) is 16.0. The fraction of sp³-hybridized carbons (Fsp3) is 0.357. The molecule has 1 aromatic carbocycles. The van der Waals surface area contributed by atoms with Crippen molar-refractivity contribution in [2.24, 2.45) is 0 Å². The smallest absolute Gasteiger partial charge is 0.305 e. The zero-order valence-corrected chi connectivity index (χ0v) is 12.5. The maximum absolute atomic E-state index is 12.0. The number of nitrogens with one attached hydrogen (secondary N) is 2. The van der Waals surface area contributed by atoms with Gasteiger partial charge in [-0.15, -0.1) is 0 Å². The van der Waals surface area contributed by atoms with Crippen LogP contribution in [0.1, 0.15) is 31.9 Å². The molecule has 0 radical (unpaired) electrons. The molecule has 0 bridgehead atoms. The first kappa shape index (κ1) is 17.0. The molecule has 3 N–H and O–H groups in total. The minimum absolute atomic E-state index is 0.264. The van der Waals surface area contributed by atoms with Crippen molar-refractivity contribution >= 4 is 29.4 Å². The van der Waals surface area contributed by atoms with Crippen molar-refractivity contribution < 1.29 is 19.5 Å². The number of hydrogen-bond acceptors (Lipinski definition) is 3. The van der Waals surface area contributed by atoms with E-state index in [-0.39, 0.29) is 12.3 Å². The summed E-state index contributed by atoms with van der Waals surface area (Å²) in [5, 5.41) is 14.5. The molecule has 0 aliphatic carbocycles. The van der Waals surface area contributed by atoms with E-state index in [1.54, 1.807) is 24.3 Å². The molecule has 1 unspecified atom stereocenters. The average molecular weight is 313 g/mol. The van der Waals surface area contributed by atoms with E-state index in [1.807, 2.05) is 0 Å². The van der Waals surface area contributed by atoms with E-state index in [0.717, 1.165) is 0 Å². The van der Waals surface area contributed by atoms with Gasteiger partial charge in [0.2, 0.25) is 11.8 Å². The number of carbonyl (C=O) groups is 3. The normalized spacial score (nSPS) is 13.1. The molecule has 21 heavy (non-hydrogen) atoms. The monoisotopic (exact) mass is 312 g/mol. The summed E-state index contributed by atoms with van der Waals surface area (Å²) < 4.78 is 0. The standard InChI is InChI=1S/C14H17ClN2O4/c1-8(16-9(2)18)14(21)17-12(7-13(19)20)10-3-5-11(15)6-4-10/h3-6,8,12H,7H2,1-2H3,(H,16,18)(H,17,21)(H,19,20)/t8?,12-/m0/s1. The number of carbonyl (C=O) groups excluding carboxylic acids is 2. The van der Waals surface area contributed by atoms with Gasteiger partial charge in [0, 0.05) is 11.9 Å². The lowest BCUT2D eigenvalue weighted by Gasteiger charge is -2.20. The molecule has 0 saturated carbocycles. The van der Waals surface area contributed by atoms with Crippen LogP contribution in [0.15, 0.2) is 24.3 Å². The van der Waals surface area contributed by atoms with Gasteiger partial charge >= 0.3 is 5.97 Å². The van der Waals surface area contributed by atoms with Crippen LogP contribution in [0.4, 0.5) is 0 Å². The molecule has 2 amide bonds. The Hall–Kier alpha value is -2.08. The predicted molar refractivity (Wildman–Crippen MR) is 77.9 cm³/mol. The Bertz CT molecular complexity index is 530. The zero-order valence-electron chi connectivity index (χ0n) is 11.7. The molecule has 0 heterocycles. The van der Waals surface area contributed by atoms with Crippen LogP contribution in [0.3, 0.4) is 0 Å². The first-order valence-corrected chi connectivity index (χ1v) is 6.72. The highest BCUT2D eigenvalue weighted by Crippen LogP contribution is 2.19. The lowest BCUT2D eigenvalue weighted by Crippen LogP contribution is -2.45. The largest absolute Gasteiger partial charge is 0.481 e. The molecule has 6 nitrogen and oxygen atoms in total. The fourth-order valence-corrected chi connectivity index (χ4v) is 1.92. The van der Waals surface area contributed by atoms with Gasteiger partial charge in [0.1, 0.15) is 6.04 Å². The van der Waals surface area contributed by atoms with Gasteiger partial charge in [-0.2, -0.15) is 0 Å². The van der Waals surface area contributed by atoms with Gasteiger partial charge in [0.15, 0.2) is 0 Å². The second kappa shape index (κ2) is 7.64. The third kappa shape index (κ3) is 5.83. The lowest BCUT2D eigenvalue weighted by molar-refractivity contribution is -0.138. The van der Waals surface area contributed by atoms with Crippen LogP contribution in [0.2, 0.25) is 5.02 Å². The van der Waals surface area contributed by atoms with Crippen LogP contribution in [-0.2, 0) is 14.4 Å². The van der Waals surface area contributed by atoms with Gasteiger partial charge in [0.05, 0.1) is 12.5 Å². The highest BCUT2D eigenvalue weighted by atomic mass is 35.5. The van der Waals surface area contributed by atoms with Crippen molar-refractivity contribution in [3.63, 3.8) is 0 Å². The molecule has 2 atom stereocenters. The maximum atomic E-state index is 12.0. The number of carboxylic acids is 1. The van der Waals surface area contributed by atoms with E-state index in [0.29, 0.717) is 10.6 Å². The van der Waals surface area contributed by atoms with E-state index in [1.165, 1.54) is 13.8 Å². The Labute approximate surface area is 127 Å². The Morgan fingerprint density at radius 1 is 1.19 bits per heavy atom. The summed E-state index contributed by atoms with van der Waals surface area (Å²) in [5.41, 5.74) is 0.630. The molecule has 0 spiro atoms. The Kier molecular flexibility index (Phi) is 6.17. The van der Waals surface area contributed by atoms with Crippen LogP contribution in [0.25, 0.3) is 0 Å². The first-order chi connectivity index (χ1) is 9.79. The van der Waals surface area contributed by atoms with Crippen molar-refractivity contribution in [1.29, 1.82) is 0 Å². The second-order valence-electron chi connectivity index (χ2n) is 4.63. The van der Waals surface area contributed by atoms with Gasteiger partial charge in [-0.1, -0.05) is 23.7 Å². The number of hydrogen-bond donors (Lipinski definition) is 3. The van der Waals surface area contributed by atoms with Gasteiger partial charge < -0.3 is 15.7 Å². The third-order valence-electron chi connectivity index (χ3n) is 2.78. The van der Waals surface area contributed by atoms with Crippen molar-refractivity contribution in [2.75, 3.05) is 0 Å². The van der Waals surface area contributed by atoms with Crippen LogP contribution in [0, 0.1) is 0 Å². The number of amides is 2. The van der Waals surface area contributed by atoms with Crippen molar-refractivity contribution in [3.8, 4) is 0 Å². The maximum Gasteiger partial charge on any atom is 0.305 e. The van der Waals surface area contributed by atoms with Crippen LogP contribution < -0.4 is 10.6 Å². The van der Waals surface area contributed by atoms with E-state index < -0.39 is 24.0 Å². The Morgan fingerprint density at radius 2 is 1.76 bits per heavy atom. The Morgan fingerprint density at radius 3 is 2.24 bits per heavy atom. The molecule has 1 rings (SSSR count). The molecule has 0 aliphatic heterocycles. The van der Waals surface area contributed by atoms with Gasteiger partial charge in [-0.25, -0.2) is 0 Å². The number of rotatable bonds is 6. The molecule has 0 saturated heterocycles. The molecule has 114 valence electrons. The minimum Gasteiger partial charge on any atom is -0.481 e. The van der Waals surface area contributed by atoms with E-state index in [2.05, 4.69) is 10.6 Å². The van der Waals surface area contributed by atoms with Crippen molar-refractivity contribution in [1.82, 2.24) is 10.6 Å². The van der Waals surface area contributed by atoms with Crippen molar-refractivity contribution in [3.05, 3.63) is 34.9 Å². The summed E-state index contributed by atoms with van der Waals surface area (Å²) in [6.45, 7) is 2.83. The summed E-state index contributed by atoms with van der Waals surface area (Å²) in [6.07, 6.45) is -0.264. The summed E-state index contributed by atoms with van der Waals surface area (Å²) in [6, 6.07) is 5.11. The topological polar surface area (TPSA) is 95.5 Å². The number of aliphatic carboxylic acids is 1. The first-order valence-electron chi connectivity index (χ1n) is 6.34. The molecule has 1 aromatic rings. The van der Waals surface area contributed by atoms with Crippen molar-refractivity contribution in [2.45, 2.75) is 32.4 Å². The molecule has 7 heteroatoms. The SMILES string of the molecule is CC(=O)NC(C)C(=O)N[C@@H](CC(=O)O)c1ccc(Cl)cc1. The van der Waals surface area contributed by atoms with E-state index in [4.69, 9.17) is 16.7 Å². The molecule has 0 fully saturated rings. The average Bonchev–Trinajstić information content (AvgIpc) is 2.37. The third-order valence-corrected chi connectivity index (χ3v) is 3.03. The summed E-state index contributed by atoms with van der Waals surface area (Å²) in [5.74, 6) is -1.83. The fourth-order valence-electron chi connectivity index (χ4n) is 1.79. The quantitative estimate of drug-likeness (QED) is 0.741. The molecule has 0 aromatic heterocycles. The minimum atomic E-state index is -1.04. The number of benzene rings is 1.